The third-order valence-electron chi connectivity index (χ3n) is 3.66. The smallest absolute Gasteiger partial charge is 0.294 e. The second-order valence-corrected chi connectivity index (χ2v) is 12.6. The zero-order valence-corrected chi connectivity index (χ0v) is 14.5. The third-order valence-corrected chi connectivity index (χ3v) is 11.0. The molecule has 0 bridgehead atoms. The predicted octanol–water partition coefficient (Wildman–Crippen LogP) is 3.79. The Morgan fingerprint density at radius 1 is 0.882 bits per heavy atom. The van der Waals surface area contributed by atoms with Crippen molar-refractivity contribution in [3.63, 3.8) is 0 Å². The van der Waals surface area contributed by atoms with Crippen molar-refractivity contribution in [3.05, 3.63) is 0 Å². The van der Waals surface area contributed by atoms with Crippen LogP contribution in [0.15, 0.2) is 0 Å². The van der Waals surface area contributed by atoms with Crippen LogP contribution in [0.3, 0.4) is 0 Å². The van der Waals surface area contributed by atoms with Gasteiger partial charge in [-0.15, -0.1) is 11.1 Å². The van der Waals surface area contributed by atoms with Crippen LogP contribution in [0.25, 0.3) is 0 Å². The molecule has 0 radical (unpaired) electrons. The van der Waals surface area contributed by atoms with Crippen molar-refractivity contribution in [2.24, 2.45) is 0 Å². The largest absolute Gasteiger partial charge is 0.311 e. The quantitative estimate of drug-likeness (QED) is 0.531. The molecule has 17 heavy (non-hydrogen) atoms. The third kappa shape index (κ3) is 2.72. The number of rotatable bonds is 1. The van der Waals surface area contributed by atoms with E-state index in [1.165, 1.54) is 0 Å². The molecule has 0 amide bonds. The van der Waals surface area contributed by atoms with Crippen LogP contribution in [-0.4, -0.2) is 41.0 Å². The van der Waals surface area contributed by atoms with E-state index in [0.717, 1.165) is 13.1 Å². The summed E-state index contributed by atoms with van der Waals surface area (Å²) in [5.41, 5.74) is 0.862. The Morgan fingerprint density at radius 2 is 1.18 bits per heavy atom. The highest BCUT2D eigenvalue weighted by molar-refractivity contribution is 7.18. The zero-order valence-electron chi connectivity index (χ0n) is 12.8. The van der Waals surface area contributed by atoms with Crippen molar-refractivity contribution in [1.29, 1.82) is 0 Å². The molecular weight excluding hydrogens is 248 g/mol. The van der Waals surface area contributed by atoms with Crippen molar-refractivity contribution in [2.75, 3.05) is 13.1 Å². The fourth-order valence-electron chi connectivity index (χ4n) is 2.89. The predicted molar refractivity (Wildman–Crippen MR) is 79.6 cm³/mol. The van der Waals surface area contributed by atoms with Crippen LogP contribution in [0.5, 0.6) is 0 Å². The van der Waals surface area contributed by atoms with Crippen molar-refractivity contribution < 1.29 is 0 Å². The Kier molecular flexibility index (Phi) is 4.11. The van der Waals surface area contributed by atoms with Gasteiger partial charge in [0.25, 0.3) is 0 Å². The molecule has 1 heterocycles. The lowest BCUT2D eigenvalue weighted by Gasteiger charge is -2.49. The van der Waals surface area contributed by atoms with Gasteiger partial charge in [-0.05, 0) is 47.1 Å². The molecule has 0 aromatic carbocycles. The van der Waals surface area contributed by atoms with Gasteiger partial charge in [-0.25, -0.2) is 0 Å². The molecule has 1 aliphatic rings. The van der Waals surface area contributed by atoms with Gasteiger partial charge in [-0.3, -0.25) is 9.13 Å². The molecule has 1 saturated heterocycles. The Bertz CT molecular complexity index is 256. The maximum Gasteiger partial charge on any atom is 0.311 e. The highest BCUT2D eigenvalue weighted by Crippen LogP contribution is 2.43. The summed E-state index contributed by atoms with van der Waals surface area (Å²) in [6.45, 7) is 20.5. The first kappa shape index (κ1) is 15.5. The molecule has 2 nitrogen and oxygen atoms in total. The van der Waals surface area contributed by atoms with Gasteiger partial charge < -0.3 is 0 Å². The summed E-state index contributed by atoms with van der Waals surface area (Å²) in [5.74, 6) is 0. The van der Waals surface area contributed by atoms with Crippen LogP contribution in [-0.2, 0) is 0 Å². The van der Waals surface area contributed by atoms with Crippen LogP contribution in [0.2, 0.25) is 5.54 Å². The summed E-state index contributed by atoms with van der Waals surface area (Å²) in [5, 5.41) is 0. The van der Waals surface area contributed by atoms with Crippen LogP contribution in [0.4, 0.5) is 0 Å². The summed E-state index contributed by atoms with van der Waals surface area (Å²) < 4.78 is 5.16. The molecule has 1 aliphatic heterocycles. The molecule has 102 valence electrons. The molecule has 0 aromatic rings. The van der Waals surface area contributed by atoms with Gasteiger partial charge in [-0.1, -0.05) is 13.8 Å². The minimum atomic E-state index is -2.05. The van der Waals surface area contributed by atoms with E-state index in [9.17, 15) is 0 Å². The van der Waals surface area contributed by atoms with Crippen molar-refractivity contribution in [1.82, 2.24) is 9.13 Å². The summed E-state index contributed by atoms with van der Waals surface area (Å²) in [6, 6.07) is 0. The van der Waals surface area contributed by atoms with Crippen LogP contribution < -0.4 is 0 Å². The van der Waals surface area contributed by atoms with Gasteiger partial charge in [0.2, 0.25) is 0 Å². The maximum atomic E-state index is 7.20. The van der Waals surface area contributed by atoms with E-state index in [4.69, 9.17) is 11.1 Å². The highest BCUT2D eigenvalue weighted by Gasteiger charge is 2.57. The summed E-state index contributed by atoms with van der Waals surface area (Å²) in [4.78, 5) is 0. The first-order valence-corrected chi connectivity index (χ1v) is 9.64. The van der Waals surface area contributed by atoms with Crippen LogP contribution in [0, 0.1) is 0 Å². The van der Waals surface area contributed by atoms with Crippen LogP contribution >= 0.6 is 11.1 Å². The first-order chi connectivity index (χ1) is 7.41. The molecule has 0 aliphatic carbocycles. The lowest BCUT2D eigenvalue weighted by Crippen LogP contribution is -2.65. The minimum Gasteiger partial charge on any atom is -0.294 e. The number of halogens is 1. The van der Waals surface area contributed by atoms with Gasteiger partial charge in [-0.2, -0.15) is 0 Å². The fourth-order valence-corrected chi connectivity index (χ4v) is 9.17. The Balaban J connectivity index is 3.16. The van der Waals surface area contributed by atoms with E-state index in [-0.39, 0.29) is 11.1 Å². The zero-order chi connectivity index (χ0) is 13.6. The normalized spacial score (nSPS) is 23.6. The number of hydrogen-bond donors (Lipinski definition) is 0. The molecular formula is C13H29ClN2Si. The molecule has 0 atom stereocenters. The second-order valence-electron chi connectivity index (χ2n) is 7.44. The molecule has 0 spiro atoms. The Morgan fingerprint density at radius 3 is 1.35 bits per heavy atom. The minimum absolute atomic E-state index is 0.165. The standard InChI is InChI=1S/C13H29ClN2Si/c1-11(2)17(14)15(12(3,4)5)9-10-16(17)13(6,7)8/h11H,9-10H2,1-8H3. The Hall–Kier alpha value is 0.427. The van der Waals surface area contributed by atoms with E-state index in [0.29, 0.717) is 5.54 Å². The number of hydrogen-bond acceptors (Lipinski definition) is 2. The highest BCUT2D eigenvalue weighted by atomic mass is 35.6. The molecule has 1 rings (SSSR count). The average molecular weight is 277 g/mol. The van der Waals surface area contributed by atoms with Crippen molar-refractivity contribution in [2.45, 2.75) is 72.0 Å². The molecule has 1 fully saturated rings. The van der Waals surface area contributed by atoms with Gasteiger partial charge >= 0.3 is 7.71 Å². The Labute approximate surface area is 113 Å². The SMILES string of the molecule is CC(C)[Si]1(Cl)N(C(C)(C)C)CCN1C(C)(C)C. The van der Waals surface area contributed by atoms with Crippen molar-refractivity contribution >= 4 is 18.8 Å². The second kappa shape index (κ2) is 4.51. The van der Waals surface area contributed by atoms with E-state index in [1.54, 1.807) is 0 Å². The van der Waals surface area contributed by atoms with Gasteiger partial charge in [0.15, 0.2) is 0 Å². The summed E-state index contributed by atoms with van der Waals surface area (Å²) >= 11 is 7.20. The van der Waals surface area contributed by atoms with Gasteiger partial charge in [0, 0.05) is 24.2 Å². The van der Waals surface area contributed by atoms with Gasteiger partial charge in [0.1, 0.15) is 0 Å². The van der Waals surface area contributed by atoms with E-state index < -0.39 is 7.71 Å². The monoisotopic (exact) mass is 276 g/mol. The van der Waals surface area contributed by atoms with E-state index in [2.05, 4.69) is 64.5 Å². The molecule has 0 N–H and O–H groups in total. The van der Waals surface area contributed by atoms with E-state index in [1.807, 2.05) is 0 Å². The molecule has 0 unspecified atom stereocenters. The number of nitrogens with zero attached hydrogens (tertiary/aromatic N) is 2. The lowest BCUT2D eigenvalue weighted by molar-refractivity contribution is 0.254. The van der Waals surface area contributed by atoms with Crippen LogP contribution in [0.1, 0.15) is 55.4 Å². The summed E-state index contributed by atoms with van der Waals surface area (Å²) in [6.07, 6.45) is 0. The van der Waals surface area contributed by atoms with Crippen molar-refractivity contribution in [3.8, 4) is 0 Å². The van der Waals surface area contributed by atoms with Gasteiger partial charge in [0.05, 0.1) is 0 Å². The molecule has 0 aromatic heterocycles. The summed E-state index contributed by atoms with van der Waals surface area (Å²) in [7, 11) is -2.05. The molecule has 0 saturated carbocycles. The average Bonchev–Trinajstić information content (AvgIpc) is 2.41. The lowest BCUT2D eigenvalue weighted by atomic mass is 10.1. The first-order valence-electron chi connectivity index (χ1n) is 6.66. The topological polar surface area (TPSA) is 6.48 Å². The molecule has 4 heteroatoms. The fraction of sp³-hybridized carbons (Fsp3) is 1.00. The van der Waals surface area contributed by atoms with E-state index >= 15 is 0 Å². The maximum absolute atomic E-state index is 7.20.